The Labute approximate surface area is 217 Å². The van der Waals surface area contributed by atoms with Gasteiger partial charge >= 0.3 is 12.1 Å². The third-order valence-corrected chi connectivity index (χ3v) is 6.56. The van der Waals surface area contributed by atoms with Gasteiger partial charge in [0.05, 0.1) is 17.6 Å². The number of nitrogens with one attached hydrogen (secondary N) is 1. The van der Waals surface area contributed by atoms with Crippen molar-refractivity contribution in [1.82, 2.24) is 30.1 Å². The fourth-order valence-corrected chi connectivity index (χ4v) is 4.54. The van der Waals surface area contributed by atoms with Crippen molar-refractivity contribution in [3.63, 3.8) is 0 Å². The zero-order valence-corrected chi connectivity index (χ0v) is 20.2. The summed E-state index contributed by atoms with van der Waals surface area (Å²) in [5.41, 5.74) is 2.55. The second-order valence-corrected chi connectivity index (χ2v) is 9.29. The molecule has 1 atom stereocenters. The average molecular weight is 558 g/mol. The summed E-state index contributed by atoms with van der Waals surface area (Å²) in [6.45, 7) is 1.26. The molecule has 16 heteroatoms. The number of carboxylic acid groups (broad SMARTS) is 1. The van der Waals surface area contributed by atoms with Crippen LogP contribution >= 0.6 is 0 Å². The molecule has 1 aromatic heterocycles. The summed E-state index contributed by atoms with van der Waals surface area (Å²) in [6, 6.07) is 4.58. The molecule has 0 radical (unpaired) electrons. The van der Waals surface area contributed by atoms with Crippen molar-refractivity contribution in [3.8, 4) is 5.69 Å². The van der Waals surface area contributed by atoms with E-state index in [1.807, 2.05) is 11.0 Å². The quantitative estimate of drug-likeness (QED) is 0.429. The van der Waals surface area contributed by atoms with Gasteiger partial charge in [0.1, 0.15) is 6.04 Å². The summed E-state index contributed by atoms with van der Waals surface area (Å²) in [7, 11) is 0. The molecule has 2 aromatic rings. The number of imide groups is 1. The Hall–Kier alpha value is -3.95. The van der Waals surface area contributed by atoms with Crippen LogP contribution in [0.5, 0.6) is 0 Å². The number of aromatic nitrogens is 3. The van der Waals surface area contributed by atoms with Crippen LogP contribution in [0.25, 0.3) is 5.69 Å². The second kappa shape index (κ2) is 10.7. The van der Waals surface area contributed by atoms with E-state index >= 15 is 0 Å². The summed E-state index contributed by atoms with van der Waals surface area (Å²) < 4.78 is 60.1. The number of alkyl halides is 5. The molecule has 0 aliphatic carbocycles. The number of carboxylic acids is 1. The van der Waals surface area contributed by atoms with Crippen molar-refractivity contribution >= 4 is 23.7 Å². The SMILES string of the molecule is O=C(O)C(F)(F)F.O=C1CCC(N2Cc3c(cccc3-n3cc(CN4CCC(F)(F)CC4)nn3)C2=O)C(=O)N1. The number of carbonyl (C=O) groups is 4. The van der Waals surface area contributed by atoms with Crippen LogP contribution in [0.1, 0.15) is 47.3 Å². The lowest BCUT2D eigenvalue weighted by atomic mass is 10.0. The molecular formula is C23H23F5N6O5. The monoisotopic (exact) mass is 558 g/mol. The molecule has 3 amide bonds. The van der Waals surface area contributed by atoms with E-state index in [1.165, 1.54) is 4.90 Å². The maximum absolute atomic E-state index is 13.4. The van der Waals surface area contributed by atoms with Crippen LogP contribution < -0.4 is 5.32 Å². The predicted octanol–water partition coefficient (Wildman–Crippen LogP) is 1.89. The molecular weight excluding hydrogens is 535 g/mol. The van der Waals surface area contributed by atoms with Crippen molar-refractivity contribution in [2.45, 2.75) is 56.9 Å². The third kappa shape index (κ3) is 6.38. The van der Waals surface area contributed by atoms with Gasteiger partial charge in [-0.25, -0.2) is 18.3 Å². The van der Waals surface area contributed by atoms with Gasteiger partial charge in [-0.05, 0) is 18.6 Å². The van der Waals surface area contributed by atoms with Gasteiger partial charge in [0.15, 0.2) is 0 Å². The van der Waals surface area contributed by atoms with Gasteiger partial charge in [-0.3, -0.25) is 24.6 Å². The summed E-state index contributed by atoms with van der Waals surface area (Å²) in [6.07, 6.45) is -3.18. The first-order valence-corrected chi connectivity index (χ1v) is 11.8. The predicted molar refractivity (Wildman–Crippen MR) is 121 cm³/mol. The van der Waals surface area contributed by atoms with Crippen molar-refractivity contribution in [1.29, 1.82) is 0 Å². The number of piperidine rings is 2. The standard InChI is InChI=1S/C21H22F2N6O3.C2HF3O2/c22-21(23)6-8-27(9-7-21)10-13-11-29(26-25-13)16-3-1-2-14-15(16)12-28(20(14)32)17-4-5-18(30)24-19(17)31;3-2(4,5)1(6)7/h1-3,11,17H,4-10,12H2,(H,24,30,31);(H,6,7). The molecule has 3 aliphatic heterocycles. The lowest BCUT2D eigenvalue weighted by Crippen LogP contribution is -2.52. The summed E-state index contributed by atoms with van der Waals surface area (Å²) in [5.74, 6) is -6.40. The van der Waals surface area contributed by atoms with Crippen LogP contribution in [0, 0.1) is 0 Å². The van der Waals surface area contributed by atoms with Crippen molar-refractivity contribution in [2.24, 2.45) is 0 Å². The minimum absolute atomic E-state index is 0.161. The number of aliphatic carboxylic acids is 1. The molecule has 2 saturated heterocycles. The van der Waals surface area contributed by atoms with Gasteiger partial charge in [-0.2, -0.15) is 13.2 Å². The summed E-state index contributed by atoms with van der Waals surface area (Å²) in [5, 5.41) is 17.8. The Morgan fingerprint density at radius 2 is 1.82 bits per heavy atom. The highest BCUT2D eigenvalue weighted by molar-refractivity contribution is 6.05. The fraction of sp³-hybridized carbons (Fsp3) is 0.478. The molecule has 4 heterocycles. The molecule has 2 N–H and O–H groups in total. The lowest BCUT2D eigenvalue weighted by Gasteiger charge is -2.30. The number of halogens is 5. The number of carbonyl (C=O) groups excluding carboxylic acids is 3. The maximum atomic E-state index is 13.4. The fourth-order valence-electron chi connectivity index (χ4n) is 4.54. The van der Waals surface area contributed by atoms with Crippen LogP contribution in [0.15, 0.2) is 24.4 Å². The van der Waals surface area contributed by atoms with Crippen LogP contribution in [-0.4, -0.2) is 84.8 Å². The molecule has 39 heavy (non-hydrogen) atoms. The third-order valence-electron chi connectivity index (χ3n) is 6.56. The zero-order valence-electron chi connectivity index (χ0n) is 20.2. The minimum Gasteiger partial charge on any atom is -0.475 e. The van der Waals surface area contributed by atoms with Gasteiger partial charge in [0.25, 0.3) is 11.8 Å². The van der Waals surface area contributed by atoms with E-state index in [2.05, 4.69) is 15.6 Å². The highest BCUT2D eigenvalue weighted by Crippen LogP contribution is 2.32. The van der Waals surface area contributed by atoms with E-state index in [0.29, 0.717) is 43.0 Å². The van der Waals surface area contributed by atoms with Gasteiger partial charge < -0.3 is 10.0 Å². The number of benzene rings is 1. The number of hydrogen-bond acceptors (Lipinski definition) is 7. The van der Waals surface area contributed by atoms with Gasteiger partial charge in [0, 0.05) is 56.6 Å². The van der Waals surface area contributed by atoms with E-state index in [1.54, 1.807) is 23.0 Å². The highest BCUT2D eigenvalue weighted by atomic mass is 19.4. The Balaban J connectivity index is 0.000000448. The zero-order chi connectivity index (χ0) is 28.5. The molecule has 2 fully saturated rings. The van der Waals surface area contributed by atoms with Gasteiger partial charge in [-0.1, -0.05) is 11.3 Å². The smallest absolute Gasteiger partial charge is 0.475 e. The molecule has 210 valence electrons. The van der Waals surface area contributed by atoms with E-state index in [9.17, 15) is 36.3 Å². The number of hydrogen-bond donors (Lipinski definition) is 2. The molecule has 0 spiro atoms. The van der Waals surface area contributed by atoms with E-state index in [4.69, 9.17) is 9.90 Å². The van der Waals surface area contributed by atoms with E-state index < -0.39 is 30.0 Å². The number of likely N-dealkylation sites (tertiary alicyclic amines) is 1. The molecule has 11 nitrogen and oxygen atoms in total. The molecule has 3 aliphatic rings. The van der Waals surface area contributed by atoms with E-state index in [-0.39, 0.29) is 37.6 Å². The minimum atomic E-state index is -5.08. The number of amides is 3. The van der Waals surface area contributed by atoms with E-state index in [0.717, 1.165) is 5.56 Å². The highest BCUT2D eigenvalue weighted by Gasteiger charge is 2.40. The lowest BCUT2D eigenvalue weighted by molar-refractivity contribution is -0.192. The molecule has 0 bridgehead atoms. The van der Waals surface area contributed by atoms with Crippen molar-refractivity contribution in [2.75, 3.05) is 13.1 Å². The first-order valence-electron chi connectivity index (χ1n) is 11.8. The van der Waals surface area contributed by atoms with Crippen LogP contribution in [-0.2, 0) is 27.5 Å². The first kappa shape index (κ1) is 28.1. The first-order chi connectivity index (χ1) is 18.2. The maximum Gasteiger partial charge on any atom is 0.490 e. The van der Waals surface area contributed by atoms with Gasteiger partial charge in [0.2, 0.25) is 11.8 Å². The van der Waals surface area contributed by atoms with Crippen LogP contribution in [0.4, 0.5) is 22.0 Å². The number of fused-ring (bicyclic) bond motifs is 1. The Kier molecular flexibility index (Phi) is 7.68. The van der Waals surface area contributed by atoms with Crippen LogP contribution in [0.2, 0.25) is 0 Å². The van der Waals surface area contributed by atoms with Crippen molar-refractivity contribution in [3.05, 3.63) is 41.2 Å². The Bertz CT molecular complexity index is 1290. The summed E-state index contributed by atoms with van der Waals surface area (Å²) >= 11 is 0. The molecule has 1 unspecified atom stereocenters. The molecule has 5 rings (SSSR count). The van der Waals surface area contributed by atoms with Crippen LogP contribution in [0.3, 0.4) is 0 Å². The Morgan fingerprint density at radius 1 is 1.15 bits per heavy atom. The van der Waals surface area contributed by atoms with Gasteiger partial charge in [-0.15, -0.1) is 5.10 Å². The summed E-state index contributed by atoms with van der Waals surface area (Å²) in [4.78, 5) is 49.0. The Morgan fingerprint density at radius 3 is 2.44 bits per heavy atom. The largest absolute Gasteiger partial charge is 0.490 e. The second-order valence-electron chi connectivity index (χ2n) is 9.29. The normalized spacial score (nSPS) is 21.2. The topological polar surface area (TPSA) is 138 Å². The number of rotatable bonds is 4. The van der Waals surface area contributed by atoms with Crippen molar-refractivity contribution < 1.29 is 46.2 Å². The number of nitrogens with zero attached hydrogens (tertiary/aromatic N) is 5. The molecule has 1 aromatic carbocycles. The molecule has 0 saturated carbocycles. The average Bonchev–Trinajstić information content (AvgIpc) is 3.45.